The highest BCUT2D eigenvalue weighted by Gasteiger charge is 2.25. The van der Waals surface area contributed by atoms with Gasteiger partial charge in [0.25, 0.3) is 5.91 Å². The average Bonchev–Trinajstić information content (AvgIpc) is 3.18. The van der Waals surface area contributed by atoms with E-state index in [0.29, 0.717) is 21.7 Å². The Kier molecular flexibility index (Phi) is 4.81. The Labute approximate surface area is 139 Å². The molecule has 1 amide bonds. The molecule has 6 heteroatoms. The second kappa shape index (κ2) is 7.00. The fourth-order valence-electron chi connectivity index (χ4n) is 2.67. The molecule has 1 N–H and O–H groups in total. The van der Waals surface area contributed by atoms with Gasteiger partial charge in [-0.15, -0.1) is 0 Å². The van der Waals surface area contributed by atoms with Crippen molar-refractivity contribution in [2.45, 2.75) is 31.7 Å². The third kappa shape index (κ3) is 3.82. The van der Waals surface area contributed by atoms with Gasteiger partial charge in [0.05, 0.1) is 23.6 Å². The SMILES string of the molecule is COC(=O)c1ccc(C=C2SC(=NC3CCCC3)NC2=O)cc1. The predicted molar refractivity (Wildman–Crippen MR) is 91.2 cm³/mol. The smallest absolute Gasteiger partial charge is 0.337 e. The molecule has 1 saturated carbocycles. The maximum absolute atomic E-state index is 12.0. The Morgan fingerprint density at radius 1 is 1.30 bits per heavy atom. The molecule has 1 aromatic carbocycles. The van der Waals surface area contributed by atoms with Gasteiger partial charge in [0.2, 0.25) is 0 Å². The number of ether oxygens (including phenoxy) is 1. The lowest BCUT2D eigenvalue weighted by Crippen LogP contribution is -2.21. The predicted octanol–water partition coefficient (Wildman–Crippen LogP) is 2.98. The van der Waals surface area contributed by atoms with Crippen LogP contribution in [0.5, 0.6) is 0 Å². The van der Waals surface area contributed by atoms with Gasteiger partial charge in [0, 0.05) is 0 Å². The lowest BCUT2D eigenvalue weighted by molar-refractivity contribution is -0.115. The first-order valence-corrected chi connectivity index (χ1v) is 8.44. The van der Waals surface area contributed by atoms with Crippen molar-refractivity contribution in [2.75, 3.05) is 7.11 Å². The van der Waals surface area contributed by atoms with E-state index >= 15 is 0 Å². The van der Waals surface area contributed by atoms with Crippen LogP contribution in [0.3, 0.4) is 0 Å². The number of hydrogen-bond donors (Lipinski definition) is 1. The molecule has 3 rings (SSSR count). The van der Waals surface area contributed by atoms with Crippen molar-refractivity contribution >= 4 is 34.9 Å². The molecule has 1 aliphatic carbocycles. The molecule has 0 spiro atoms. The minimum Gasteiger partial charge on any atom is -0.465 e. The van der Waals surface area contributed by atoms with Crippen molar-refractivity contribution in [2.24, 2.45) is 4.99 Å². The number of rotatable bonds is 3. The summed E-state index contributed by atoms with van der Waals surface area (Å²) in [4.78, 5) is 28.7. The van der Waals surface area contributed by atoms with Crippen LogP contribution in [0, 0.1) is 0 Å². The van der Waals surface area contributed by atoms with Gasteiger partial charge >= 0.3 is 5.97 Å². The summed E-state index contributed by atoms with van der Waals surface area (Å²) in [6.07, 6.45) is 6.45. The first kappa shape index (κ1) is 15.8. The molecular weight excluding hydrogens is 312 g/mol. The Morgan fingerprint density at radius 3 is 2.65 bits per heavy atom. The van der Waals surface area contributed by atoms with Gasteiger partial charge < -0.3 is 10.1 Å². The minimum absolute atomic E-state index is 0.121. The largest absolute Gasteiger partial charge is 0.465 e. The van der Waals surface area contributed by atoms with E-state index in [2.05, 4.69) is 15.0 Å². The minimum atomic E-state index is -0.372. The van der Waals surface area contributed by atoms with Crippen molar-refractivity contribution < 1.29 is 14.3 Å². The standard InChI is InChI=1S/C17H18N2O3S/c1-22-16(21)12-8-6-11(7-9-12)10-14-15(20)19-17(23-14)18-13-4-2-3-5-13/h6-10,13H,2-5H2,1H3,(H,18,19,20). The lowest BCUT2D eigenvalue weighted by atomic mass is 10.1. The highest BCUT2D eigenvalue weighted by atomic mass is 32.2. The average molecular weight is 330 g/mol. The van der Waals surface area contributed by atoms with Crippen LogP contribution in [0.25, 0.3) is 6.08 Å². The summed E-state index contributed by atoms with van der Waals surface area (Å²) in [5.74, 6) is -0.494. The molecule has 0 unspecified atom stereocenters. The van der Waals surface area contributed by atoms with E-state index in [1.54, 1.807) is 30.3 Å². The van der Waals surface area contributed by atoms with Gasteiger partial charge in [-0.05, 0) is 48.4 Å². The van der Waals surface area contributed by atoms with E-state index in [9.17, 15) is 9.59 Å². The quantitative estimate of drug-likeness (QED) is 0.683. The number of methoxy groups -OCH3 is 1. The molecule has 1 aliphatic heterocycles. The van der Waals surface area contributed by atoms with Crippen LogP contribution in [0.2, 0.25) is 0 Å². The Morgan fingerprint density at radius 2 is 2.00 bits per heavy atom. The first-order valence-electron chi connectivity index (χ1n) is 7.63. The van der Waals surface area contributed by atoms with Gasteiger partial charge in [-0.3, -0.25) is 9.79 Å². The fourth-order valence-corrected chi connectivity index (χ4v) is 3.56. The van der Waals surface area contributed by atoms with E-state index in [0.717, 1.165) is 18.4 Å². The summed E-state index contributed by atoms with van der Waals surface area (Å²) in [5, 5.41) is 3.52. The molecule has 0 radical (unpaired) electrons. The van der Waals surface area contributed by atoms with Crippen LogP contribution in [0.4, 0.5) is 0 Å². The third-order valence-corrected chi connectivity index (χ3v) is 4.83. The van der Waals surface area contributed by atoms with Crippen molar-refractivity contribution in [1.82, 2.24) is 5.32 Å². The molecule has 0 bridgehead atoms. The molecule has 0 atom stereocenters. The number of benzene rings is 1. The molecule has 120 valence electrons. The van der Waals surface area contributed by atoms with E-state index in [1.807, 2.05) is 0 Å². The van der Waals surface area contributed by atoms with Gasteiger partial charge in [0.15, 0.2) is 5.17 Å². The van der Waals surface area contributed by atoms with Crippen LogP contribution in [-0.2, 0) is 9.53 Å². The number of nitrogens with zero attached hydrogens (tertiary/aromatic N) is 1. The Balaban J connectivity index is 1.72. The highest BCUT2D eigenvalue weighted by Crippen LogP contribution is 2.29. The number of carbonyl (C=O) groups excluding carboxylic acids is 2. The summed E-state index contributed by atoms with van der Waals surface area (Å²) in [5.41, 5.74) is 1.35. The number of hydrogen-bond acceptors (Lipinski definition) is 5. The van der Waals surface area contributed by atoms with E-state index < -0.39 is 0 Å². The lowest BCUT2D eigenvalue weighted by Gasteiger charge is -2.02. The van der Waals surface area contributed by atoms with Crippen LogP contribution in [0.15, 0.2) is 34.2 Å². The van der Waals surface area contributed by atoms with E-state index in [4.69, 9.17) is 0 Å². The third-order valence-electron chi connectivity index (χ3n) is 3.90. The Bertz CT molecular complexity index is 674. The number of amides is 1. The maximum atomic E-state index is 12.0. The zero-order valence-electron chi connectivity index (χ0n) is 12.9. The van der Waals surface area contributed by atoms with Crippen molar-refractivity contribution in [1.29, 1.82) is 0 Å². The zero-order valence-corrected chi connectivity index (χ0v) is 13.7. The second-order valence-corrected chi connectivity index (χ2v) is 6.58. The number of amidine groups is 1. The van der Waals surface area contributed by atoms with Crippen LogP contribution in [0.1, 0.15) is 41.6 Å². The normalized spacial score (nSPS) is 21.9. The monoisotopic (exact) mass is 330 g/mol. The molecule has 2 fully saturated rings. The molecule has 23 heavy (non-hydrogen) atoms. The van der Waals surface area contributed by atoms with E-state index in [-0.39, 0.29) is 11.9 Å². The van der Waals surface area contributed by atoms with Crippen molar-refractivity contribution in [3.63, 3.8) is 0 Å². The van der Waals surface area contributed by atoms with Crippen LogP contribution >= 0.6 is 11.8 Å². The summed E-state index contributed by atoms with van der Waals surface area (Å²) in [6, 6.07) is 7.29. The van der Waals surface area contributed by atoms with Gasteiger partial charge in [0.1, 0.15) is 0 Å². The Hall–Kier alpha value is -2.08. The number of esters is 1. The molecule has 5 nitrogen and oxygen atoms in total. The van der Waals surface area contributed by atoms with Gasteiger partial charge in [-0.2, -0.15) is 0 Å². The molecule has 1 saturated heterocycles. The van der Waals surface area contributed by atoms with E-state index in [1.165, 1.54) is 31.7 Å². The van der Waals surface area contributed by atoms with Crippen molar-refractivity contribution in [3.8, 4) is 0 Å². The van der Waals surface area contributed by atoms with Gasteiger partial charge in [-0.25, -0.2) is 4.79 Å². The fraction of sp³-hybridized carbons (Fsp3) is 0.353. The summed E-state index contributed by atoms with van der Waals surface area (Å²) >= 11 is 1.37. The highest BCUT2D eigenvalue weighted by molar-refractivity contribution is 8.18. The maximum Gasteiger partial charge on any atom is 0.337 e. The first-order chi connectivity index (χ1) is 11.2. The molecule has 0 aromatic heterocycles. The topological polar surface area (TPSA) is 67.8 Å². The molecular formula is C17H18N2O3S. The zero-order chi connectivity index (χ0) is 16.2. The number of thioether (sulfide) groups is 1. The number of nitrogens with one attached hydrogen (secondary N) is 1. The number of carbonyl (C=O) groups is 2. The second-order valence-electron chi connectivity index (χ2n) is 5.55. The molecule has 1 aromatic rings. The summed E-state index contributed by atoms with van der Waals surface area (Å²) in [7, 11) is 1.35. The molecule has 2 aliphatic rings. The summed E-state index contributed by atoms with van der Waals surface area (Å²) in [6.45, 7) is 0. The molecule has 1 heterocycles. The number of aliphatic imine (C=N–C) groups is 1. The summed E-state index contributed by atoms with van der Waals surface area (Å²) < 4.78 is 4.67. The van der Waals surface area contributed by atoms with Crippen LogP contribution < -0.4 is 5.32 Å². The van der Waals surface area contributed by atoms with Crippen LogP contribution in [-0.4, -0.2) is 30.2 Å². The van der Waals surface area contributed by atoms with Crippen molar-refractivity contribution in [3.05, 3.63) is 40.3 Å². The van der Waals surface area contributed by atoms with Gasteiger partial charge in [-0.1, -0.05) is 25.0 Å².